The van der Waals surface area contributed by atoms with E-state index in [0.29, 0.717) is 29.8 Å². The summed E-state index contributed by atoms with van der Waals surface area (Å²) < 4.78 is 0. The van der Waals surface area contributed by atoms with Gasteiger partial charge in [0.25, 0.3) is 5.91 Å². The van der Waals surface area contributed by atoms with Crippen LogP contribution in [0.4, 0.5) is 11.4 Å². The number of carbonyl (C=O) groups is 3. The number of nitrogens with zero attached hydrogens (tertiary/aromatic N) is 2. The van der Waals surface area contributed by atoms with Crippen LogP contribution in [0.5, 0.6) is 0 Å². The SMILES string of the molecule is CCN(CC)Cc1cccc(NC(=O)c2cccc(N3NC(=O)C4CC=CCC4C3=O)c2)c1. The molecule has 33 heavy (non-hydrogen) atoms. The van der Waals surface area contributed by atoms with Gasteiger partial charge in [-0.25, -0.2) is 5.01 Å². The van der Waals surface area contributed by atoms with Crippen LogP contribution in [-0.2, 0) is 16.1 Å². The number of fused-ring (bicyclic) bond motifs is 1. The average Bonchev–Trinajstić information content (AvgIpc) is 2.85. The van der Waals surface area contributed by atoms with Crippen LogP contribution in [0.2, 0.25) is 0 Å². The smallest absolute Gasteiger partial charge is 0.255 e. The van der Waals surface area contributed by atoms with Crippen molar-refractivity contribution in [1.29, 1.82) is 0 Å². The zero-order valence-electron chi connectivity index (χ0n) is 19.1. The van der Waals surface area contributed by atoms with E-state index in [2.05, 4.69) is 29.5 Å². The number of hydrogen-bond donors (Lipinski definition) is 2. The molecule has 1 fully saturated rings. The van der Waals surface area contributed by atoms with Crippen molar-refractivity contribution in [2.75, 3.05) is 23.4 Å². The molecule has 7 heteroatoms. The Bertz CT molecular complexity index is 1080. The summed E-state index contributed by atoms with van der Waals surface area (Å²) in [5.41, 5.74) is 5.44. The third kappa shape index (κ3) is 4.98. The van der Waals surface area contributed by atoms with Crippen molar-refractivity contribution in [3.63, 3.8) is 0 Å². The van der Waals surface area contributed by atoms with Gasteiger partial charge in [0.05, 0.1) is 17.5 Å². The molecule has 0 saturated carbocycles. The number of hydrogen-bond acceptors (Lipinski definition) is 4. The van der Waals surface area contributed by atoms with Crippen molar-refractivity contribution in [3.8, 4) is 0 Å². The zero-order chi connectivity index (χ0) is 23.4. The molecule has 2 N–H and O–H groups in total. The lowest BCUT2D eigenvalue weighted by atomic mass is 9.80. The second kappa shape index (κ2) is 10.0. The van der Waals surface area contributed by atoms with E-state index in [1.54, 1.807) is 24.3 Å². The van der Waals surface area contributed by atoms with Crippen molar-refractivity contribution >= 4 is 29.1 Å². The Labute approximate surface area is 194 Å². The maximum atomic E-state index is 13.0. The molecule has 172 valence electrons. The monoisotopic (exact) mass is 446 g/mol. The number of amides is 3. The molecule has 2 unspecified atom stereocenters. The van der Waals surface area contributed by atoms with E-state index in [1.807, 2.05) is 36.4 Å². The van der Waals surface area contributed by atoms with Gasteiger partial charge in [-0.3, -0.25) is 24.7 Å². The van der Waals surface area contributed by atoms with Crippen LogP contribution in [0, 0.1) is 11.8 Å². The highest BCUT2D eigenvalue weighted by Gasteiger charge is 2.42. The van der Waals surface area contributed by atoms with Crippen LogP contribution in [-0.4, -0.2) is 35.7 Å². The fraction of sp³-hybridized carbons (Fsp3) is 0.346. The lowest BCUT2D eigenvalue weighted by Crippen LogP contribution is -2.59. The van der Waals surface area contributed by atoms with Crippen molar-refractivity contribution in [2.45, 2.75) is 33.2 Å². The third-order valence-electron chi connectivity index (χ3n) is 6.38. The van der Waals surface area contributed by atoms with Gasteiger partial charge in [-0.1, -0.05) is 44.2 Å². The fourth-order valence-electron chi connectivity index (χ4n) is 4.43. The minimum absolute atomic E-state index is 0.148. The average molecular weight is 447 g/mol. The largest absolute Gasteiger partial charge is 0.322 e. The van der Waals surface area contributed by atoms with Crippen LogP contribution in [0.3, 0.4) is 0 Å². The summed E-state index contributed by atoms with van der Waals surface area (Å²) in [5.74, 6) is -1.27. The molecule has 4 rings (SSSR count). The molecule has 2 aromatic rings. The number of allylic oxidation sites excluding steroid dienone is 2. The van der Waals surface area contributed by atoms with E-state index in [-0.39, 0.29) is 29.6 Å². The minimum Gasteiger partial charge on any atom is -0.322 e. The maximum absolute atomic E-state index is 13.0. The van der Waals surface area contributed by atoms with Gasteiger partial charge in [-0.05, 0) is 61.8 Å². The molecule has 1 saturated heterocycles. The van der Waals surface area contributed by atoms with Crippen molar-refractivity contribution in [2.24, 2.45) is 11.8 Å². The maximum Gasteiger partial charge on any atom is 0.255 e. The number of hydrazine groups is 1. The van der Waals surface area contributed by atoms with Crippen LogP contribution in [0.15, 0.2) is 60.7 Å². The topological polar surface area (TPSA) is 81.8 Å². The molecule has 0 spiro atoms. The molecule has 1 aliphatic heterocycles. The molecule has 0 radical (unpaired) electrons. The second-order valence-corrected chi connectivity index (χ2v) is 8.47. The summed E-state index contributed by atoms with van der Waals surface area (Å²) in [6.07, 6.45) is 5.03. The van der Waals surface area contributed by atoms with Gasteiger partial charge < -0.3 is 5.32 Å². The van der Waals surface area contributed by atoms with E-state index in [4.69, 9.17) is 0 Å². The third-order valence-corrected chi connectivity index (χ3v) is 6.38. The van der Waals surface area contributed by atoms with E-state index < -0.39 is 0 Å². The Kier molecular flexibility index (Phi) is 6.89. The standard InChI is InChI=1S/C26H30N4O3/c1-3-29(4-2)17-18-9-7-11-20(15-18)27-24(31)19-10-8-12-21(16-19)30-26(33)23-14-6-5-13-22(23)25(32)28-30/h5-12,15-16,22-23H,3-4,13-14,17H2,1-2H3,(H,27,31)(H,28,32). The first-order valence-electron chi connectivity index (χ1n) is 11.5. The van der Waals surface area contributed by atoms with Crippen LogP contribution in [0.1, 0.15) is 42.6 Å². The Balaban J connectivity index is 1.49. The Morgan fingerprint density at radius 2 is 1.76 bits per heavy atom. The van der Waals surface area contributed by atoms with Crippen molar-refractivity contribution in [3.05, 3.63) is 71.8 Å². The molecule has 0 bridgehead atoms. The first-order chi connectivity index (χ1) is 16.0. The van der Waals surface area contributed by atoms with Gasteiger partial charge in [0.1, 0.15) is 0 Å². The van der Waals surface area contributed by atoms with E-state index in [9.17, 15) is 14.4 Å². The zero-order valence-corrected chi connectivity index (χ0v) is 19.1. The van der Waals surface area contributed by atoms with E-state index in [1.165, 1.54) is 5.01 Å². The van der Waals surface area contributed by atoms with E-state index in [0.717, 1.165) is 25.2 Å². The predicted octanol–water partition coefficient (Wildman–Crippen LogP) is 3.74. The fourth-order valence-corrected chi connectivity index (χ4v) is 4.43. The number of benzene rings is 2. The number of carbonyl (C=O) groups excluding carboxylic acids is 3. The molecule has 2 aromatic carbocycles. The first-order valence-corrected chi connectivity index (χ1v) is 11.5. The highest BCUT2D eigenvalue weighted by molar-refractivity contribution is 6.07. The molecule has 3 amide bonds. The minimum atomic E-state index is -0.366. The van der Waals surface area contributed by atoms with Crippen molar-refractivity contribution in [1.82, 2.24) is 10.3 Å². The molecular weight excluding hydrogens is 416 g/mol. The van der Waals surface area contributed by atoms with Crippen molar-refractivity contribution < 1.29 is 14.4 Å². The van der Waals surface area contributed by atoms with Gasteiger partial charge in [0.15, 0.2) is 0 Å². The Morgan fingerprint density at radius 3 is 2.52 bits per heavy atom. The van der Waals surface area contributed by atoms with Crippen LogP contribution in [0.25, 0.3) is 0 Å². The highest BCUT2D eigenvalue weighted by Crippen LogP contribution is 2.32. The summed E-state index contributed by atoms with van der Waals surface area (Å²) >= 11 is 0. The normalized spacial score (nSPS) is 19.9. The number of anilines is 2. The molecule has 1 heterocycles. The second-order valence-electron chi connectivity index (χ2n) is 8.47. The van der Waals surface area contributed by atoms with Gasteiger partial charge in [-0.15, -0.1) is 0 Å². The quantitative estimate of drug-likeness (QED) is 0.635. The molecule has 0 aromatic heterocycles. The number of rotatable bonds is 7. The molecule has 2 atom stereocenters. The van der Waals surface area contributed by atoms with Gasteiger partial charge in [-0.2, -0.15) is 0 Å². The Morgan fingerprint density at radius 1 is 1.03 bits per heavy atom. The molecule has 7 nitrogen and oxygen atoms in total. The van der Waals surface area contributed by atoms with Gasteiger partial charge in [0.2, 0.25) is 11.8 Å². The summed E-state index contributed by atoms with van der Waals surface area (Å²) in [4.78, 5) is 40.8. The number of nitrogens with one attached hydrogen (secondary N) is 2. The van der Waals surface area contributed by atoms with Gasteiger partial charge >= 0.3 is 0 Å². The van der Waals surface area contributed by atoms with Crippen LogP contribution < -0.4 is 15.8 Å². The molecule has 1 aliphatic carbocycles. The molecule has 2 aliphatic rings. The van der Waals surface area contributed by atoms with E-state index >= 15 is 0 Å². The highest BCUT2D eigenvalue weighted by atomic mass is 16.2. The summed E-state index contributed by atoms with van der Waals surface area (Å²) in [6, 6.07) is 14.6. The first kappa shape index (κ1) is 22.7. The van der Waals surface area contributed by atoms with Crippen LogP contribution >= 0.6 is 0 Å². The Hall–Kier alpha value is -3.45. The molecular formula is C26H30N4O3. The summed E-state index contributed by atoms with van der Waals surface area (Å²) in [5, 5.41) is 4.23. The lowest BCUT2D eigenvalue weighted by Gasteiger charge is -2.38. The van der Waals surface area contributed by atoms with Gasteiger partial charge in [0, 0.05) is 17.8 Å². The summed E-state index contributed by atoms with van der Waals surface area (Å²) in [7, 11) is 0. The lowest BCUT2D eigenvalue weighted by molar-refractivity contribution is -0.139. The predicted molar refractivity (Wildman–Crippen MR) is 128 cm³/mol. The summed E-state index contributed by atoms with van der Waals surface area (Å²) in [6.45, 7) is 7.00.